The van der Waals surface area contributed by atoms with E-state index >= 15 is 0 Å². The Morgan fingerprint density at radius 3 is 2.96 bits per heavy atom. The minimum atomic E-state index is -0.484. The summed E-state index contributed by atoms with van der Waals surface area (Å²) in [6, 6.07) is 0. The second kappa shape index (κ2) is 6.13. The first-order chi connectivity index (χ1) is 11.7. The molecule has 8 nitrogen and oxygen atoms in total. The van der Waals surface area contributed by atoms with Crippen molar-refractivity contribution in [3.05, 3.63) is 29.3 Å². The SMILES string of the molecule is OCCN1CCc2sc(Nc3ncc(F)cn3)nc2-c2cn[nH]c21. The summed E-state index contributed by atoms with van der Waals surface area (Å²) in [5.41, 5.74) is 1.76. The number of fused-ring (bicyclic) bond motifs is 3. The predicted octanol–water partition coefficient (Wildman–Crippen LogP) is 1.56. The van der Waals surface area contributed by atoms with Gasteiger partial charge in [-0.3, -0.25) is 5.10 Å². The molecule has 0 bridgehead atoms. The third kappa shape index (κ3) is 2.69. The van der Waals surface area contributed by atoms with Crippen LogP contribution in [0.2, 0.25) is 0 Å². The number of aromatic amines is 1. The molecule has 4 rings (SSSR count). The summed E-state index contributed by atoms with van der Waals surface area (Å²) in [6.45, 7) is 1.38. The van der Waals surface area contributed by atoms with Gasteiger partial charge in [-0.2, -0.15) is 5.10 Å². The number of hydrogen-bond donors (Lipinski definition) is 3. The van der Waals surface area contributed by atoms with Gasteiger partial charge in [0.25, 0.3) is 0 Å². The number of anilines is 3. The van der Waals surface area contributed by atoms with E-state index in [9.17, 15) is 9.50 Å². The lowest BCUT2D eigenvalue weighted by Gasteiger charge is -2.20. The van der Waals surface area contributed by atoms with Crippen LogP contribution in [0.15, 0.2) is 18.6 Å². The van der Waals surface area contributed by atoms with Crippen molar-refractivity contribution in [2.45, 2.75) is 6.42 Å². The van der Waals surface area contributed by atoms with E-state index in [0.717, 1.165) is 47.3 Å². The van der Waals surface area contributed by atoms with Crippen molar-refractivity contribution in [2.24, 2.45) is 0 Å². The lowest BCUT2D eigenvalue weighted by molar-refractivity contribution is 0.301. The van der Waals surface area contributed by atoms with Gasteiger partial charge in [-0.25, -0.2) is 19.3 Å². The Morgan fingerprint density at radius 1 is 1.33 bits per heavy atom. The van der Waals surface area contributed by atoms with Gasteiger partial charge in [0.2, 0.25) is 5.95 Å². The summed E-state index contributed by atoms with van der Waals surface area (Å²) in [5.74, 6) is 0.676. The van der Waals surface area contributed by atoms with Gasteiger partial charge >= 0.3 is 0 Å². The summed E-state index contributed by atoms with van der Waals surface area (Å²) in [7, 11) is 0. The zero-order chi connectivity index (χ0) is 16.5. The summed E-state index contributed by atoms with van der Waals surface area (Å²) in [5, 5.41) is 20.0. The Labute approximate surface area is 140 Å². The van der Waals surface area contributed by atoms with Gasteiger partial charge < -0.3 is 15.3 Å². The molecule has 0 atom stereocenters. The Kier molecular flexibility index (Phi) is 3.82. The zero-order valence-corrected chi connectivity index (χ0v) is 13.3. The third-order valence-corrected chi connectivity index (χ3v) is 4.74. The monoisotopic (exact) mass is 347 g/mol. The maximum atomic E-state index is 12.9. The van der Waals surface area contributed by atoms with Crippen molar-refractivity contribution in [3.8, 4) is 11.3 Å². The molecule has 3 aromatic heterocycles. The quantitative estimate of drug-likeness (QED) is 0.658. The molecule has 3 N–H and O–H groups in total. The number of β-amino-alcohol motifs (C(OH)–C–C–N with tert-alkyl or cyclic N) is 1. The van der Waals surface area contributed by atoms with E-state index in [1.807, 2.05) is 0 Å². The summed E-state index contributed by atoms with van der Waals surface area (Å²) >= 11 is 1.51. The number of thiazole rings is 1. The van der Waals surface area contributed by atoms with Crippen LogP contribution in [0.1, 0.15) is 4.88 Å². The molecule has 0 aliphatic carbocycles. The standard InChI is InChI=1S/C14H14FN7OS/c15-8-5-16-13(17-6-8)20-14-19-11-9-7-18-21-12(9)22(3-4-23)2-1-10(11)24-14/h5-7,23H,1-4H2,(H,18,21)(H,16,17,19,20). The number of nitrogens with zero attached hydrogens (tertiary/aromatic N) is 5. The lowest BCUT2D eigenvalue weighted by Crippen LogP contribution is -2.28. The fourth-order valence-electron chi connectivity index (χ4n) is 2.64. The predicted molar refractivity (Wildman–Crippen MR) is 88.0 cm³/mol. The number of aliphatic hydroxyl groups is 1. The molecule has 0 unspecified atom stereocenters. The molecule has 0 aromatic carbocycles. The van der Waals surface area contributed by atoms with Crippen molar-refractivity contribution in [1.82, 2.24) is 25.1 Å². The smallest absolute Gasteiger partial charge is 0.229 e. The van der Waals surface area contributed by atoms with Gasteiger partial charge in [-0.1, -0.05) is 0 Å². The van der Waals surface area contributed by atoms with E-state index in [2.05, 4.69) is 35.4 Å². The van der Waals surface area contributed by atoms with Crippen LogP contribution >= 0.6 is 11.3 Å². The van der Waals surface area contributed by atoms with Gasteiger partial charge in [0.1, 0.15) is 5.82 Å². The van der Waals surface area contributed by atoms with Crippen LogP contribution in [0.25, 0.3) is 11.3 Å². The number of aromatic nitrogens is 5. The van der Waals surface area contributed by atoms with Gasteiger partial charge in [-0.15, -0.1) is 11.3 Å². The molecule has 0 fully saturated rings. The number of aliphatic hydroxyl groups excluding tert-OH is 1. The molecule has 24 heavy (non-hydrogen) atoms. The molecule has 0 saturated carbocycles. The van der Waals surface area contributed by atoms with E-state index in [0.29, 0.717) is 17.6 Å². The molecule has 0 amide bonds. The van der Waals surface area contributed by atoms with E-state index < -0.39 is 5.82 Å². The van der Waals surface area contributed by atoms with Crippen LogP contribution in [-0.2, 0) is 6.42 Å². The summed E-state index contributed by atoms with van der Waals surface area (Å²) in [4.78, 5) is 15.6. The molecule has 10 heteroatoms. The summed E-state index contributed by atoms with van der Waals surface area (Å²) < 4.78 is 12.9. The number of rotatable bonds is 4. The van der Waals surface area contributed by atoms with Gasteiger partial charge in [0.05, 0.1) is 36.5 Å². The maximum Gasteiger partial charge on any atom is 0.229 e. The molecule has 0 saturated heterocycles. The number of nitrogens with one attached hydrogen (secondary N) is 2. The lowest BCUT2D eigenvalue weighted by atomic mass is 10.2. The highest BCUT2D eigenvalue weighted by atomic mass is 32.1. The van der Waals surface area contributed by atoms with Crippen LogP contribution < -0.4 is 10.2 Å². The second-order valence-corrected chi connectivity index (χ2v) is 6.32. The van der Waals surface area contributed by atoms with E-state index in [-0.39, 0.29) is 6.61 Å². The molecule has 124 valence electrons. The van der Waals surface area contributed by atoms with E-state index in [4.69, 9.17) is 0 Å². The van der Waals surface area contributed by atoms with Crippen LogP contribution in [0.4, 0.5) is 21.3 Å². The van der Waals surface area contributed by atoms with Crippen LogP contribution in [0, 0.1) is 5.82 Å². The zero-order valence-electron chi connectivity index (χ0n) is 12.5. The third-order valence-electron chi connectivity index (χ3n) is 3.71. The number of hydrogen-bond acceptors (Lipinski definition) is 8. The van der Waals surface area contributed by atoms with Crippen molar-refractivity contribution < 1.29 is 9.50 Å². The highest BCUT2D eigenvalue weighted by Crippen LogP contribution is 2.38. The van der Waals surface area contributed by atoms with Crippen molar-refractivity contribution in [1.29, 1.82) is 0 Å². The largest absolute Gasteiger partial charge is 0.395 e. The molecule has 3 aromatic rings. The molecule has 0 spiro atoms. The van der Waals surface area contributed by atoms with Gasteiger partial charge in [-0.05, 0) is 0 Å². The second-order valence-electron chi connectivity index (χ2n) is 5.23. The van der Waals surface area contributed by atoms with E-state index in [1.165, 1.54) is 11.3 Å². The fourth-order valence-corrected chi connectivity index (χ4v) is 3.60. The first-order valence-electron chi connectivity index (χ1n) is 7.38. The Bertz CT molecular complexity index is 847. The Balaban J connectivity index is 1.65. The van der Waals surface area contributed by atoms with Crippen LogP contribution in [0.3, 0.4) is 0 Å². The minimum absolute atomic E-state index is 0.0776. The topological polar surface area (TPSA) is 103 Å². The van der Waals surface area contributed by atoms with Gasteiger partial charge in [0.15, 0.2) is 10.9 Å². The molecular formula is C14H14FN7OS. The molecule has 1 aliphatic rings. The van der Waals surface area contributed by atoms with Crippen molar-refractivity contribution in [3.63, 3.8) is 0 Å². The highest BCUT2D eigenvalue weighted by Gasteiger charge is 2.25. The normalized spacial score (nSPS) is 13.3. The average Bonchev–Trinajstić information content (AvgIpc) is 3.18. The van der Waals surface area contributed by atoms with Crippen LogP contribution in [0.5, 0.6) is 0 Å². The van der Waals surface area contributed by atoms with Crippen molar-refractivity contribution in [2.75, 3.05) is 29.9 Å². The fraction of sp³-hybridized carbons (Fsp3) is 0.286. The number of halogens is 1. The first kappa shape index (κ1) is 15.0. The molecular weight excluding hydrogens is 333 g/mol. The average molecular weight is 347 g/mol. The van der Waals surface area contributed by atoms with Crippen molar-refractivity contribution >= 4 is 28.2 Å². The van der Waals surface area contributed by atoms with E-state index in [1.54, 1.807) is 6.20 Å². The molecule has 0 radical (unpaired) electrons. The maximum absolute atomic E-state index is 12.9. The molecule has 1 aliphatic heterocycles. The first-order valence-corrected chi connectivity index (χ1v) is 8.20. The van der Waals surface area contributed by atoms with Crippen LogP contribution in [-0.4, -0.2) is 50.0 Å². The highest BCUT2D eigenvalue weighted by molar-refractivity contribution is 7.16. The number of H-pyrrole nitrogens is 1. The summed E-state index contributed by atoms with van der Waals surface area (Å²) in [6.07, 6.45) is 4.76. The Hall–Kier alpha value is -2.59. The Morgan fingerprint density at radius 2 is 2.17 bits per heavy atom. The molecule has 4 heterocycles. The minimum Gasteiger partial charge on any atom is -0.395 e. The van der Waals surface area contributed by atoms with Gasteiger partial charge in [0, 0.05) is 24.4 Å².